The van der Waals surface area contributed by atoms with Crippen LogP contribution in [0.5, 0.6) is 0 Å². The number of rotatable bonds is 3. The van der Waals surface area contributed by atoms with Crippen LogP contribution in [0.4, 0.5) is 5.69 Å². The van der Waals surface area contributed by atoms with Gasteiger partial charge >= 0.3 is 0 Å². The minimum Gasteiger partial charge on any atom is -0.304 e. The van der Waals surface area contributed by atoms with Crippen molar-refractivity contribution in [1.82, 2.24) is 0 Å². The number of carbonyl (C=O) groups excluding carboxylic acids is 3. The smallest absolute Gasteiger partial charge is 0.233 e. The number of carbonyl (C=O) groups is 3. The number of hydrogen-bond acceptors (Lipinski definition) is 3. The molecule has 5 atom stereocenters. The molecule has 1 amide bonds. The maximum atomic E-state index is 13.6. The SMILES string of the molecule is O=C1c2ccccc2C(=O)[C@H]2CC=C[C@@H]([C@H]3C(=O)N(c4ccccc4)[C@@H]3c3ccccc3)[C@@H]12. The highest BCUT2D eigenvalue weighted by Crippen LogP contribution is 2.53. The molecule has 3 aromatic rings. The summed E-state index contributed by atoms with van der Waals surface area (Å²) in [7, 11) is 0. The van der Waals surface area contributed by atoms with Gasteiger partial charge in [0.25, 0.3) is 0 Å². The lowest BCUT2D eigenvalue weighted by Gasteiger charge is -2.52. The normalized spacial score (nSPS) is 28.2. The Labute approximate surface area is 192 Å². The number of anilines is 1. The lowest BCUT2D eigenvalue weighted by Crippen LogP contribution is -2.60. The second-order valence-corrected chi connectivity index (χ2v) is 9.07. The summed E-state index contributed by atoms with van der Waals surface area (Å²) in [5, 5.41) is 0. The third-order valence-electron chi connectivity index (χ3n) is 7.43. The standard InChI is InChI=1S/C29H23NO3/c31-27-20-14-7-8-15-21(20)28(32)24-22(16-9-17-23(24)27)25-26(18-10-3-1-4-11-18)30(29(25)33)19-12-5-2-6-13-19/h1-16,22-26H,17H2/t22-,23+,24-,25-,26-/m1/s1. The number of nitrogens with zero attached hydrogens (tertiary/aromatic N) is 1. The van der Waals surface area contributed by atoms with Gasteiger partial charge in [-0.2, -0.15) is 0 Å². The van der Waals surface area contributed by atoms with E-state index in [4.69, 9.17) is 0 Å². The Hall–Kier alpha value is -3.79. The molecular formula is C29H23NO3. The molecule has 6 rings (SSSR count). The van der Waals surface area contributed by atoms with Crippen LogP contribution in [0, 0.1) is 23.7 Å². The Bertz CT molecular complexity index is 1280. The second-order valence-electron chi connectivity index (χ2n) is 9.07. The van der Waals surface area contributed by atoms with E-state index >= 15 is 0 Å². The van der Waals surface area contributed by atoms with Gasteiger partial charge in [-0.1, -0.05) is 84.9 Å². The number of benzene rings is 3. The molecule has 4 heteroatoms. The van der Waals surface area contributed by atoms with Crippen molar-refractivity contribution in [2.24, 2.45) is 23.7 Å². The molecular weight excluding hydrogens is 410 g/mol. The topological polar surface area (TPSA) is 54.5 Å². The molecule has 1 heterocycles. The molecule has 4 nitrogen and oxygen atoms in total. The highest BCUT2D eigenvalue weighted by molar-refractivity contribution is 6.16. The van der Waals surface area contributed by atoms with Gasteiger partial charge in [0.1, 0.15) is 0 Å². The zero-order valence-corrected chi connectivity index (χ0v) is 18.0. The molecule has 1 saturated heterocycles. The monoisotopic (exact) mass is 433 g/mol. The number of β-lactam (4-membered cyclic amide) rings is 1. The Morgan fingerprint density at radius 3 is 1.97 bits per heavy atom. The third-order valence-corrected chi connectivity index (χ3v) is 7.43. The number of Topliss-reactive ketones (excluding diaryl/α,β-unsaturated/α-hetero) is 2. The summed E-state index contributed by atoms with van der Waals surface area (Å²) in [4.78, 5) is 42.4. The van der Waals surface area contributed by atoms with Gasteiger partial charge in [-0.25, -0.2) is 0 Å². The first-order valence-corrected chi connectivity index (χ1v) is 11.4. The van der Waals surface area contributed by atoms with Gasteiger partial charge in [-0.3, -0.25) is 14.4 Å². The summed E-state index contributed by atoms with van der Waals surface area (Å²) >= 11 is 0. The molecule has 0 saturated carbocycles. The maximum absolute atomic E-state index is 13.6. The van der Waals surface area contributed by atoms with Gasteiger partial charge in [-0.15, -0.1) is 0 Å². The Morgan fingerprint density at radius 1 is 0.667 bits per heavy atom. The molecule has 1 fully saturated rings. The summed E-state index contributed by atoms with van der Waals surface area (Å²) in [5.74, 6) is -1.60. The van der Waals surface area contributed by atoms with Crippen molar-refractivity contribution in [3.63, 3.8) is 0 Å². The highest BCUT2D eigenvalue weighted by Gasteiger charge is 2.57. The Morgan fingerprint density at radius 2 is 1.27 bits per heavy atom. The molecule has 3 aromatic carbocycles. The van der Waals surface area contributed by atoms with E-state index in [9.17, 15) is 14.4 Å². The van der Waals surface area contributed by atoms with Crippen molar-refractivity contribution in [3.8, 4) is 0 Å². The Balaban J connectivity index is 1.44. The number of hydrogen-bond donors (Lipinski definition) is 0. The molecule has 162 valence electrons. The van der Waals surface area contributed by atoms with Crippen LogP contribution in [0.1, 0.15) is 38.7 Å². The molecule has 0 N–H and O–H groups in total. The summed E-state index contributed by atoms with van der Waals surface area (Å²) in [6, 6.07) is 26.6. The predicted octanol–water partition coefficient (Wildman–Crippen LogP) is 5.28. The fourth-order valence-electron chi connectivity index (χ4n) is 5.95. The minimum absolute atomic E-state index is 0.00413. The summed E-state index contributed by atoms with van der Waals surface area (Å²) in [6.45, 7) is 0. The van der Waals surface area contributed by atoms with Crippen LogP contribution in [0.25, 0.3) is 0 Å². The molecule has 3 aliphatic rings. The quantitative estimate of drug-likeness (QED) is 0.417. The van der Waals surface area contributed by atoms with E-state index < -0.39 is 17.8 Å². The van der Waals surface area contributed by atoms with Crippen molar-refractivity contribution in [1.29, 1.82) is 0 Å². The molecule has 33 heavy (non-hydrogen) atoms. The van der Waals surface area contributed by atoms with E-state index in [1.54, 1.807) is 24.3 Å². The lowest BCUT2D eigenvalue weighted by atomic mass is 9.59. The molecule has 2 aliphatic carbocycles. The largest absolute Gasteiger partial charge is 0.304 e. The van der Waals surface area contributed by atoms with Crippen LogP contribution in [0.2, 0.25) is 0 Å². The minimum atomic E-state index is -0.504. The van der Waals surface area contributed by atoms with E-state index in [1.807, 2.05) is 77.7 Å². The van der Waals surface area contributed by atoms with Crippen molar-refractivity contribution in [3.05, 3.63) is 114 Å². The zero-order chi connectivity index (χ0) is 22.5. The first-order chi connectivity index (χ1) is 16.2. The van der Waals surface area contributed by atoms with Gasteiger partial charge in [0.15, 0.2) is 11.6 Å². The van der Waals surface area contributed by atoms with E-state index in [0.717, 1.165) is 11.3 Å². The van der Waals surface area contributed by atoms with Crippen LogP contribution >= 0.6 is 0 Å². The Kier molecular flexibility index (Phi) is 4.61. The summed E-state index contributed by atoms with van der Waals surface area (Å²) in [5.41, 5.74) is 2.90. The van der Waals surface area contributed by atoms with Crippen molar-refractivity contribution >= 4 is 23.2 Å². The van der Waals surface area contributed by atoms with Gasteiger partial charge < -0.3 is 4.90 Å². The summed E-state index contributed by atoms with van der Waals surface area (Å²) in [6.07, 6.45) is 4.55. The van der Waals surface area contributed by atoms with Crippen molar-refractivity contribution < 1.29 is 14.4 Å². The van der Waals surface area contributed by atoms with E-state index in [1.165, 1.54) is 0 Å². The van der Waals surface area contributed by atoms with Gasteiger partial charge in [0.05, 0.1) is 12.0 Å². The number of amides is 1. The number of para-hydroxylation sites is 1. The van der Waals surface area contributed by atoms with E-state index in [-0.39, 0.29) is 29.4 Å². The average molecular weight is 434 g/mol. The number of ketones is 2. The zero-order valence-electron chi connectivity index (χ0n) is 18.0. The van der Waals surface area contributed by atoms with Crippen LogP contribution < -0.4 is 4.90 Å². The van der Waals surface area contributed by atoms with Crippen LogP contribution in [-0.4, -0.2) is 17.5 Å². The first kappa shape index (κ1) is 19.9. The second kappa shape index (κ2) is 7.66. The summed E-state index contributed by atoms with van der Waals surface area (Å²) < 4.78 is 0. The van der Waals surface area contributed by atoms with Gasteiger partial charge in [0, 0.05) is 34.6 Å². The van der Waals surface area contributed by atoms with Crippen molar-refractivity contribution in [2.45, 2.75) is 12.5 Å². The van der Waals surface area contributed by atoms with Crippen LogP contribution in [-0.2, 0) is 4.79 Å². The number of allylic oxidation sites excluding steroid dienone is 2. The highest BCUT2D eigenvalue weighted by atomic mass is 16.2. The first-order valence-electron chi connectivity index (χ1n) is 11.4. The van der Waals surface area contributed by atoms with Gasteiger partial charge in [0.2, 0.25) is 5.91 Å². The van der Waals surface area contributed by atoms with E-state index in [2.05, 4.69) is 0 Å². The number of fused-ring (bicyclic) bond motifs is 2. The third kappa shape index (κ3) is 2.94. The molecule has 1 aliphatic heterocycles. The van der Waals surface area contributed by atoms with Gasteiger partial charge in [-0.05, 0) is 24.1 Å². The molecule has 0 bridgehead atoms. The fraction of sp³-hybridized carbons (Fsp3) is 0.207. The molecule has 0 unspecified atom stereocenters. The lowest BCUT2D eigenvalue weighted by molar-refractivity contribution is -0.133. The molecule has 0 spiro atoms. The molecule has 0 radical (unpaired) electrons. The predicted molar refractivity (Wildman–Crippen MR) is 126 cm³/mol. The maximum Gasteiger partial charge on any atom is 0.233 e. The average Bonchev–Trinajstić information content (AvgIpc) is 2.87. The van der Waals surface area contributed by atoms with Crippen LogP contribution in [0.15, 0.2) is 97.1 Å². The molecule has 0 aromatic heterocycles. The fourth-order valence-corrected chi connectivity index (χ4v) is 5.95. The van der Waals surface area contributed by atoms with E-state index in [0.29, 0.717) is 17.5 Å². The van der Waals surface area contributed by atoms with Crippen molar-refractivity contribution in [2.75, 3.05) is 4.90 Å². The van der Waals surface area contributed by atoms with Crippen LogP contribution in [0.3, 0.4) is 0 Å².